The third kappa shape index (κ3) is 3.90. The molecule has 0 aliphatic carbocycles. The van der Waals surface area contributed by atoms with E-state index in [0.29, 0.717) is 5.92 Å². The van der Waals surface area contributed by atoms with Crippen LogP contribution in [-0.2, 0) is 0 Å². The summed E-state index contributed by atoms with van der Waals surface area (Å²) < 4.78 is 0. The van der Waals surface area contributed by atoms with E-state index in [9.17, 15) is 0 Å². The second kappa shape index (κ2) is 6.46. The van der Waals surface area contributed by atoms with Gasteiger partial charge >= 0.3 is 0 Å². The van der Waals surface area contributed by atoms with Gasteiger partial charge in [0.15, 0.2) is 0 Å². The van der Waals surface area contributed by atoms with Gasteiger partial charge in [-0.2, -0.15) is 0 Å². The summed E-state index contributed by atoms with van der Waals surface area (Å²) >= 11 is 6.20. The van der Waals surface area contributed by atoms with E-state index in [2.05, 4.69) is 39.5 Å². The van der Waals surface area contributed by atoms with Gasteiger partial charge in [-0.25, -0.2) is 0 Å². The molecule has 17 heavy (non-hydrogen) atoms. The lowest BCUT2D eigenvalue weighted by molar-refractivity contribution is 0.813. The number of allylic oxidation sites excluding steroid dienone is 5. The van der Waals surface area contributed by atoms with Crippen LogP contribution in [0.3, 0.4) is 0 Å². The Hall–Kier alpha value is -1.27. The van der Waals surface area contributed by atoms with Crippen LogP contribution in [-0.4, -0.2) is 0 Å². The highest BCUT2D eigenvalue weighted by molar-refractivity contribution is 6.30. The van der Waals surface area contributed by atoms with Gasteiger partial charge in [0, 0.05) is 5.03 Å². The van der Waals surface area contributed by atoms with Crippen LogP contribution in [0.4, 0.5) is 0 Å². The predicted molar refractivity (Wildman–Crippen MR) is 78.0 cm³/mol. The molecule has 0 aromatic heterocycles. The van der Waals surface area contributed by atoms with Crippen molar-refractivity contribution in [2.45, 2.75) is 20.8 Å². The van der Waals surface area contributed by atoms with E-state index in [1.807, 2.05) is 30.4 Å². The minimum absolute atomic E-state index is 0.343. The van der Waals surface area contributed by atoms with Crippen molar-refractivity contribution in [2.24, 2.45) is 5.92 Å². The molecule has 1 heteroatoms. The molecule has 0 heterocycles. The molecule has 0 saturated carbocycles. The molecule has 0 unspecified atom stereocenters. The molecule has 0 aliphatic rings. The fourth-order valence-electron chi connectivity index (χ4n) is 1.49. The Kier molecular flexibility index (Phi) is 5.24. The van der Waals surface area contributed by atoms with Gasteiger partial charge in [0.1, 0.15) is 0 Å². The monoisotopic (exact) mass is 246 g/mol. The Bertz CT molecular complexity index is 436. The molecular formula is C16H19Cl. The maximum Gasteiger partial charge on any atom is 0.0212 e. The van der Waals surface area contributed by atoms with Crippen molar-refractivity contribution < 1.29 is 0 Å². The van der Waals surface area contributed by atoms with Gasteiger partial charge in [-0.05, 0) is 35.6 Å². The second-order valence-corrected chi connectivity index (χ2v) is 4.77. The second-order valence-electron chi connectivity index (χ2n) is 4.33. The molecule has 0 N–H and O–H groups in total. The smallest absolute Gasteiger partial charge is 0.0212 e. The molecule has 0 aliphatic heterocycles. The lowest BCUT2D eigenvalue weighted by Crippen LogP contribution is -1.89. The minimum Gasteiger partial charge on any atom is -0.0985 e. The van der Waals surface area contributed by atoms with Crippen LogP contribution in [0, 0.1) is 5.92 Å². The summed E-state index contributed by atoms with van der Waals surface area (Å²) in [6.07, 6.45) is 3.86. The summed E-state index contributed by atoms with van der Waals surface area (Å²) in [4.78, 5) is 0. The first-order valence-electron chi connectivity index (χ1n) is 5.82. The van der Waals surface area contributed by atoms with Crippen molar-refractivity contribution in [2.75, 3.05) is 0 Å². The Morgan fingerprint density at radius 1 is 1.24 bits per heavy atom. The van der Waals surface area contributed by atoms with E-state index in [4.69, 9.17) is 11.6 Å². The summed E-state index contributed by atoms with van der Waals surface area (Å²) in [5, 5.41) is 0.857. The van der Waals surface area contributed by atoms with Gasteiger partial charge in [-0.15, -0.1) is 0 Å². The van der Waals surface area contributed by atoms with Gasteiger partial charge in [0.2, 0.25) is 0 Å². The summed E-state index contributed by atoms with van der Waals surface area (Å²) in [6, 6.07) is 10.3. The fraction of sp³-hybridized carbons (Fsp3) is 0.250. The van der Waals surface area contributed by atoms with E-state index in [1.54, 1.807) is 0 Å². The SMILES string of the molecule is C=CC(/C=C(/Cl)C(C)C)=C(/C)c1ccccc1. The predicted octanol–water partition coefficient (Wildman–Crippen LogP) is 5.42. The van der Waals surface area contributed by atoms with E-state index < -0.39 is 0 Å². The summed E-state index contributed by atoms with van der Waals surface area (Å²) in [5.41, 5.74) is 3.47. The summed E-state index contributed by atoms with van der Waals surface area (Å²) in [7, 11) is 0. The maximum absolute atomic E-state index is 6.20. The van der Waals surface area contributed by atoms with Gasteiger partial charge in [-0.3, -0.25) is 0 Å². The normalized spacial score (nSPS) is 13.6. The molecule has 0 radical (unpaired) electrons. The van der Waals surface area contributed by atoms with E-state index in [1.165, 1.54) is 11.1 Å². The largest absolute Gasteiger partial charge is 0.0985 e. The molecular weight excluding hydrogens is 228 g/mol. The Balaban J connectivity index is 3.17. The van der Waals surface area contributed by atoms with E-state index in [0.717, 1.165) is 10.6 Å². The molecule has 0 bridgehead atoms. The van der Waals surface area contributed by atoms with Crippen molar-refractivity contribution in [3.63, 3.8) is 0 Å². The molecule has 0 saturated heterocycles. The lowest BCUT2D eigenvalue weighted by atomic mass is 10.00. The molecule has 0 fully saturated rings. The Labute approximate surface area is 109 Å². The third-order valence-electron chi connectivity index (χ3n) is 2.70. The summed E-state index contributed by atoms with van der Waals surface area (Å²) in [6.45, 7) is 10.1. The number of hydrogen-bond acceptors (Lipinski definition) is 0. The van der Waals surface area contributed by atoms with Gasteiger partial charge < -0.3 is 0 Å². The van der Waals surface area contributed by atoms with Crippen molar-refractivity contribution in [1.29, 1.82) is 0 Å². The summed E-state index contributed by atoms with van der Waals surface area (Å²) in [5.74, 6) is 0.343. The van der Waals surface area contributed by atoms with E-state index >= 15 is 0 Å². The lowest BCUT2D eigenvalue weighted by Gasteiger charge is -2.08. The standard InChI is InChI=1S/C16H19Cl/c1-5-14(11-16(17)12(2)3)13(4)15-9-7-6-8-10-15/h5-12H,1H2,2-4H3/b14-13+,16-11+. The Morgan fingerprint density at radius 3 is 2.29 bits per heavy atom. The Morgan fingerprint density at radius 2 is 1.82 bits per heavy atom. The number of halogens is 1. The van der Waals surface area contributed by atoms with Crippen LogP contribution in [0.5, 0.6) is 0 Å². The van der Waals surface area contributed by atoms with Crippen LogP contribution in [0.25, 0.3) is 5.57 Å². The van der Waals surface area contributed by atoms with Crippen LogP contribution in [0.15, 0.2) is 59.7 Å². The zero-order valence-corrected chi connectivity index (χ0v) is 11.5. The molecule has 0 nitrogen and oxygen atoms in total. The van der Waals surface area contributed by atoms with Gasteiger partial charge in [-0.1, -0.05) is 68.4 Å². The number of rotatable bonds is 4. The van der Waals surface area contributed by atoms with Crippen LogP contribution in [0.1, 0.15) is 26.3 Å². The maximum atomic E-state index is 6.20. The van der Waals surface area contributed by atoms with Crippen LogP contribution < -0.4 is 0 Å². The highest BCUT2D eigenvalue weighted by Crippen LogP contribution is 2.23. The quantitative estimate of drug-likeness (QED) is 0.622. The average Bonchev–Trinajstić information content (AvgIpc) is 2.35. The zero-order chi connectivity index (χ0) is 12.8. The minimum atomic E-state index is 0.343. The van der Waals surface area contributed by atoms with E-state index in [-0.39, 0.29) is 0 Å². The molecule has 1 aromatic rings. The molecule has 0 amide bonds. The zero-order valence-electron chi connectivity index (χ0n) is 10.7. The molecule has 0 atom stereocenters. The first-order chi connectivity index (χ1) is 8.06. The first-order valence-corrected chi connectivity index (χ1v) is 6.20. The highest BCUT2D eigenvalue weighted by atomic mass is 35.5. The first kappa shape index (κ1) is 13.8. The van der Waals surface area contributed by atoms with Crippen LogP contribution >= 0.6 is 11.6 Å². The highest BCUT2D eigenvalue weighted by Gasteiger charge is 2.03. The van der Waals surface area contributed by atoms with Crippen molar-refractivity contribution in [3.05, 3.63) is 65.2 Å². The third-order valence-corrected chi connectivity index (χ3v) is 3.25. The molecule has 1 rings (SSSR count). The molecule has 90 valence electrons. The topological polar surface area (TPSA) is 0 Å². The van der Waals surface area contributed by atoms with Crippen molar-refractivity contribution >= 4 is 17.2 Å². The number of benzene rings is 1. The van der Waals surface area contributed by atoms with Crippen molar-refractivity contribution in [3.8, 4) is 0 Å². The number of hydrogen-bond donors (Lipinski definition) is 0. The van der Waals surface area contributed by atoms with Gasteiger partial charge in [0.05, 0.1) is 0 Å². The van der Waals surface area contributed by atoms with Crippen LogP contribution in [0.2, 0.25) is 0 Å². The van der Waals surface area contributed by atoms with Crippen molar-refractivity contribution in [1.82, 2.24) is 0 Å². The van der Waals surface area contributed by atoms with Gasteiger partial charge in [0.25, 0.3) is 0 Å². The fourth-order valence-corrected chi connectivity index (χ4v) is 1.61. The molecule has 0 spiro atoms. The average molecular weight is 247 g/mol. The molecule has 1 aromatic carbocycles.